The lowest BCUT2D eigenvalue weighted by molar-refractivity contribution is 0.0510. The molecule has 4 aromatic rings. The maximum atomic E-state index is 11.8. The summed E-state index contributed by atoms with van der Waals surface area (Å²) in [4.78, 5) is 11.8. The van der Waals surface area contributed by atoms with Crippen molar-refractivity contribution in [2.75, 3.05) is 13.9 Å². The summed E-state index contributed by atoms with van der Waals surface area (Å²) in [7, 11) is 1.57. The summed E-state index contributed by atoms with van der Waals surface area (Å²) >= 11 is 0. The molecule has 0 unspecified atom stereocenters. The molecule has 0 aliphatic carbocycles. The van der Waals surface area contributed by atoms with Crippen LogP contribution in [0.5, 0.6) is 5.75 Å². The van der Waals surface area contributed by atoms with E-state index in [9.17, 15) is 4.79 Å². The van der Waals surface area contributed by atoms with Crippen molar-refractivity contribution in [2.24, 2.45) is 0 Å². The van der Waals surface area contributed by atoms with Crippen LogP contribution < -0.4 is 4.74 Å². The molecule has 0 saturated heterocycles. The molecule has 3 heteroatoms. The standard InChI is InChI=1S/C23H18O3/c1-25-15-26-23-18(14-24)13-17-8-3-5-11-20(17)22(23)21-12-6-9-16-7-2-4-10-19(16)21/h2-14H,15H2,1H3. The fourth-order valence-corrected chi connectivity index (χ4v) is 3.42. The maximum Gasteiger partial charge on any atom is 0.188 e. The third-order valence-corrected chi connectivity index (χ3v) is 4.54. The summed E-state index contributed by atoms with van der Waals surface area (Å²) in [6.45, 7) is 0.0803. The van der Waals surface area contributed by atoms with Gasteiger partial charge in [-0.2, -0.15) is 0 Å². The molecule has 0 aromatic heterocycles. The summed E-state index contributed by atoms with van der Waals surface area (Å²) in [5.41, 5.74) is 2.47. The van der Waals surface area contributed by atoms with E-state index in [0.29, 0.717) is 11.3 Å². The Balaban J connectivity index is 2.13. The van der Waals surface area contributed by atoms with Gasteiger partial charge in [0.1, 0.15) is 5.75 Å². The van der Waals surface area contributed by atoms with Crippen molar-refractivity contribution >= 4 is 27.8 Å². The molecule has 0 amide bonds. The van der Waals surface area contributed by atoms with Crippen molar-refractivity contribution in [3.05, 3.63) is 78.4 Å². The molecule has 4 aromatic carbocycles. The smallest absolute Gasteiger partial charge is 0.188 e. The number of hydrogen-bond acceptors (Lipinski definition) is 3. The quantitative estimate of drug-likeness (QED) is 0.357. The van der Waals surface area contributed by atoms with E-state index in [1.807, 2.05) is 42.5 Å². The largest absolute Gasteiger partial charge is 0.466 e. The lowest BCUT2D eigenvalue weighted by Gasteiger charge is -2.18. The van der Waals surface area contributed by atoms with Crippen LogP contribution in [0.25, 0.3) is 32.7 Å². The van der Waals surface area contributed by atoms with Crippen LogP contribution in [0.2, 0.25) is 0 Å². The van der Waals surface area contributed by atoms with E-state index in [4.69, 9.17) is 9.47 Å². The molecule has 0 fully saturated rings. The Labute approximate surface area is 151 Å². The van der Waals surface area contributed by atoms with Crippen molar-refractivity contribution < 1.29 is 14.3 Å². The van der Waals surface area contributed by atoms with Crippen LogP contribution in [-0.2, 0) is 4.74 Å². The molecule has 0 aliphatic heterocycles. The third kappa shape index (κ3) is 2.72. The van der Waals surface area contributed by atoms with Gasteiger partial charge in [-0.1, -0.05) is 66.7 Å². The van der Waals surface area contributed by atoms with Crippen LogP contribution >= 0.6 is 0 Å². The van der Waals surface area contributed by atoms with E-state index in [0.717, 1.165) is 39.0 Å². The number of ether oxygens (including phenoxy) is 2. The number of carbonyl (C=O) groups is 1. The lowest BCUT2D eigenvalue weighted by Crippen LogP contribution is -2.04. The highest BCUT2D eigenvalue weighted by Crippen LogP contribution is 2.42. The molecule has 26 heavy (non-hydrogen) atoms. The summed E-state index contributed by atoms with van der Waals surface area (Å²) < 4.78 is 11.0. The van der Waals surface area contributed by atoms with Crippen molar-refractivity contribution in [2.45, 2.75) is 0 Å². The van der Waals surface area contributed by atoms with Gasteiger partial charge in [-0.3, -0.25) is 4.79 Å². The normalized spacial score (nSPS) is 11.0. The minimum absolute atomic E-state index is 0.0803. The van der Waals surface area contributed by atoms with Gasteiger partial charge in [0.2, 0.25) is 0 Å². The number of benzene rings is 4. The van der Waals surface area contributed by atoms with Gasteiger partial charge in [-0.15, -0.1) is 0 Å². The number of methoxy groups -OCH3 is 1. The first kappa shape index (κ1) is 16.3. The second-order valence-corrected chi connectivity index (χ2v) is 6.09. The molecule has 4 rings (SSSR count). The summed E-state index contributed by atoms with van der Waals surface area (Å²) in [6, 6.07) is 24.3. The fourth-order valence-electron chi connectivity index (χ4n) is 3.42. The average molecular weight is 342 g/mol. The first-order chi connectivity index (χ1) is 12.8. The van der Waals surface area contributed by atoms with Gasteiger partial charge >= 0.3 is 0 Å². The monoisotopic (exact) mass is 342 g/mol. The number of rotatable bonds is 5. The predicted molar refractivity (Wildman–Crippen MR) is 105 cm³/mol. The Morgan fingerprint density at radius 3 is 2.31 bits per heavy atom. The summed E-state index contributed by atoms with van der Waals surface area (Å²) in [5.74, 6) is 0.553. The molecule has 0 saturated carbocycles. The molecule has 0 aliphatic rings. The molecular formula is C23H18O3. The van der Waals surface area contributed by atoms with Crippen LogP contribution in [0, 0.1) is 0 Å². The Hall–Kier alpha value is -3.17. The number of hydrogen-bond donors (Lipinski definition) is 0. The van der Waals surface area contributed by atoms with Crippen LogP contribution in [0.1, 0.15) is 10.4 Å². The first-order valence-electron chi connectivity index (χ1n) is 8.44. The SMILES string of the molecule is COCOc1c(C=O)cc2ccccc2c1-c1cccc2ccccc12. The highest BCUT2D eigenvalue weighted by molar-refractivity contribution is 6.10. The highest BCUT2D eigenvalue weighted by atomic mass is 16.7. The van der Waals surface area contributed by atoms with Gasteiger partial charge in [0, 0.05) is 12.7 Å². The van der Waals surface area contributed by atoms with Crippen LogP contribution in [0.3, 0.4) is 0 Å². The van der Waals surface area contributed by atoms with Crippen LogP contribution in [0.4, 0.5) is 0 Å². The molecule has 128 valence electrons. The zero-order valence-electron chi connectivity index (χ0n) is 14.4. The Bertz CT molecular complexity index is 1090. The van der Waals surface area contributed by atoms with Gasteiger partial charge in [0.25, 0.3) is 0 Å². The Morgan fingerprint density at radius 1 is 0.846 bits per heavy atom. The van der Waals surface area contributed by atoms with E-state index in [1.165, 1.54) is 0 Å². The van der Waals surface area contributed by atoms with Gasteiger partial charge < -0.3 is 9.47 Å². The average Bonchev–Trinajstić information content (AvgIpc) is 2.70. The minimum Gasteiger partial charge on any atom is -0.466 e. The van der Waals surface area contributed by atoms with E-state index in [1.54, 1.807) is 7.11 Å². The lowest BCUT2D eigenvalue weighted by atomic mass is 9.91. The second-order valence-electron chi connectivity index (χ2n) is 6.09. The van der Waals surface area contributed by atoms with E-state index in [-0.39, 0.29) is 6.79 Å². The molecule has 0 atom stereocenters. The summed E-state index contributed by atoms with van der Waals surface area (Å²) in [5, 5.41) is 4.30. The van der Waals surface area contributed by atoms with E-state index >= 15 is 0 Å². The van der Waals surface area contributed by atoms with Gasteiger partial charge in [0.15, 0.2) is 13.1 Å². The van der Waals surface area contributed by atoms with Crippen LogP contribution in [0.15, 0.2) is 72.8 Å². The molecule has 3 nitrogen and oxygen atoms in total. The molecule has 0 heterocycles. The summed E-state index contributed by atoms with van der Waals surface area (Å²) in [6.07, 6.45) is 0.839. The topological polar surface area (TPSA) is 35.5 Å². The third-order valence-electron chi connectivity index (χ3n) is 4.54. The number of carbonyl (C=O) groups excluding carboxylic acids is 1. The second kappa shape index (κ2) is 6.98. The molecule has 0 spiro atoms. The minimum atomic E-state index is 0.0803. The van der Waals surface area contributed by atoms with E-state index in [2.05, 4.69) is 30.3 Å². The zero-order valence-corrected chi connectivity index (χ0v) is 14.4. The van der Waals surface area contributed by atoms with Crippen molar-refractivity contribution in [3.8, 4) is 16.9 Å². The Kier molecular flexibility index (Phi) is 4.38. The van der Waals surface area contributed by atoms with Gasteiger partial charge in [0.05, 0.1) is 5.56 Å². The number of fused-ring (bicyclic) bond motifs is 2. The van der Waals surface area contributed by atoms with E-state index < -0.39 is 0 Å². The van der Waals surface area contributed by atoms with Crippen LogP contribution in [-0.4, -0.2) is 20.2 Å². The molecule has 0 N–H and O–H groups in total. The molecular weight excluding hydrogens is 324 g/mol. The maximum absolute atomic E-state index is 11.8. The van der Waals surface area contributed by atoms with Gasteiger partial charge in [-0.05, 0) is 33.2 Å². The fraction of sp³-hybridized carbons (Fsp3) is 0.0870. The molecule has 0 bridgehead atoms. The molecule has 0 radical (unpaired) electrons. The van der Waals surface area contributed by atoms with Crippen molar-refractivity contribution in [1.82, 2.24) is 0 Å². The van der Waals surface area contributed by atoms with Crippen molar-refractivity contribution in [3.63, 3.8) is 0 Å². The van der Waals surface area contributed by atoms with Crippen molar-refractivity contribution in [1.29, 1.82) is 0 Å². The number of aldehydes is 1. The zero-order chi connectivity index (χ0) is 17.9. The Morgan fingerprint density at radius 2 is 1.54 bits per heavy atom. The predicted octanol–water partition coefficient (Wildman–Crippen LogP) is 5.46. The highest BCUT2D eigenvalue weighted by Gasteiger charge is 2.18. The first-order valence-corrected chi connectivity index (χ1v) is 8.44. The van der Waals surface area contributed by atoms with Gasteiger partial charge in [-0.25, -0.2) is 0 Å².